The summed E-state index contributed by atoms with van der Waals surface area (Å²) >= 11 is 0. The standard InChI is InChI=1S/C11H18N2O3/c1-14-7-8-15-5-2-6-16-11-4-3-10(12)9-13-11/h3-4,9H,2,5-8,12H2,1H3. The summed E-state index contributed by atoms with van der Waals surface area (Å²) in [5.74, 6) is 0.589. The highest BCUT2D eigenvalue weighted by atomic mass is 16.5. The lowest BCUT2D eigenvalue weighted by Gasteiger charge is -2.05. The van der Waals surface area contributed by atoms with Crippen molar-refractivity contribution in [1.82, 2.24) is 4.98 Å². The fourth-order valence-corrected chi connectivity index (χ4v) is 1.06. The number of anilines is 1. The zero-order valence-corrected chi connectivity index (χ0v) is 9.52. The summed E-state index contributed by atoms with van der Waals surface area (Å²) in [4.78, 5) is 4.02. The van der Waals surface area contributed by atoms with E-state index in [2.05, 4.69) is 4.98 Å². The van der Waals surface area contributed by atoms with Gasteiger partial charge in [0, 0.05) is 26.2 Å². The Balaban J connectivity index is 2.01. The summed E-state index contributed by atoms with van der Waals surface area (Å²) < 4.78 is 15.5. The van der Waals surface area contributed by atoms with E-state index in [9.17, 15) is 0 Å². The topological polar surface area (TPSA) is 66.6 Å². The molecule has 1 heterocycles. The summed E-state index contributed by atoms with van der Waals surface area (Å²) in [5, 5.41) is 0. The lowest BCUT2D eigenvalue weighted by Crippen LogP contribution is -2.07. The van der Waals surface area contributed by atoms with E-state index < -0.39 is 0 Å². The van der Waals surface area contributed by atoms with Crippen LogP contribution in [0.5, 0.6) is 5.88 Å². The van der Waals surface area contributed by atoms with Crippen molar-refractivity contribution in [1.29, 1.82) is 0 Å². The molecule has 0 amide bonds. The molecule has 0 aliphatic heterocycles. The van der Waals surface area contributed by atoms with Gasteiger partial charge in [0.2, 0.25) is 5.88 Å². The van der Waals surface area contributed by atoms with Crippen molar-refractivity contribution in [2.45, 2.75) is 6.42 Å². The van der Waals surface area contributed by atoms with Gasteiger partial charge < -0.3 is 19.9 Å². The van der Waals surface area contributed by atoms with Crippen LogP contribution in [0, 0.1) is 0 Å². The lowest BCUT2D eigenvalue weighted by molar-refractivity contribution is 0.0642. The smallest absolute Gasteiger partial charge is 0.213 e. The van der Waals surface area contributed by atoms with Gasteiger partial charge in [-0.25, -0.2) is 4.98 Å². The fourth-order valence-electron chi connectivity index (χ4n) is 1.06. The molecule has 5 heteroatoms. The molecule has 0 fully saturated rings. The fraction of sp³-hybridized carbons (Fsp3) is 0.545. The molecule has 0 atom stereocenters. The summed E-state index contributed by atoms with van der Waals surface area (Å²) in [6.45, 7) is 2.50. The zero-order valence-electron chi connectivity index (χ0n) is 9.52. The van der Waals surface area contributed by atoms with Crippen LogP contribution in [-0.2, 0) is 9.47 Å². The minimum absolute atomic E-state index is 0.587. The van der Waals surface area contributed by atoms with Crippen molar-refractivity contribution in [2.75, 3.05) is 39.3 Å². The number of nitrogens with zero attached hydrogens (tertiary/aromatic N) is 1. The molecule has 1 aromatic heterocycles. The monoisotopic (exact) mass is 226 g/mol. The summed E-state index contributed by atoms with van der Waals surface area (Å²) in [5.41, 5.74) is 6.13. The summed E-state index contributed by atoms with van der Waals surface area (Å²) in [7, 11) is 1.65. The van der Waals surface area contributed by atoms with Crippen LogP contribution in [-0.4, -0.2) is 38.5 Å². The first-order chi connectivity index (χ1) is 7.83. The Kier molecular flexibility index (Phi) is 6.29. The molecule has 0 aliphatic carbocycles. The van der Waals surface area contributed by atoms with Crippen LogP contribution >= 0.6 is 0 Å². The number of rotatable bonds is 8. The van der Waals surface area contributed by atoms with Gasteiger partial charge in [-0.15, -0.1) is 0 Å². The Morgan fingerprint density at radius 3 is 2.75 bits per heavy atom. The second-order valence-electron chi connectivity index (χ2n) is 3.24. The van der Waals surface area contributed by atoms with Gasteiger partial charge in [0.1, 0.15) is 0 Å². The first kappa shape index (κ1) is 12.7. The number of hydrogen-bond acceptors (Lipinski definition) is 5. The minimum atomic E-state index is 0.587. The molecule has 16 heavy (non-hydrogen) atoms. The van der Waals surface area contributed by atoms with E-state index in [0.29, 0.717) is 38.0 Å². The lowest BCUT2D eigenvalue weighted by atomic mass is 10.4. The van der Waals surface area contributed by atoms with Crippen LogP contribution in [0.25, 0.3) is 0 Å². The zero-order chi connectivity index (χ0) is 11.6. The van der Waals surface area contributed by atoms with Crippen LogP contribution in [0.4, 0.5) is 5.69 Å². The molecule has 5 nitrogen and oxygen atoms in total. The third-order valence-corrected chi connectivity index (χ3v) is 1.87. The summed E-state index contributed by atoms with van der Waals surface area (Å²) in [6, 6.07) is 3.51. The van der Waals surface area contributed by atoms with E-state index in [1.54, 1.807) is 25.4 Å². The van der Waals surface area contributed by atoms with Crippen molar-refractivity contribution < 1.29 is 14.2 Å². The van der Waals surface area contributed by atoms with Gasteiger partial charge in [-0.05, 0) is 6.07 Å². The van der Waals surface area contributed by atoms with Crippen LogP contribution in [0.2, 0.25) is 0 Å². The maximum atomic E-state index is 5.50. The first-order valence-corrected chi connectivity index (χ1v) is 5.24. The maximum absolute atomic E-state index is 5.50. The second-order valence-corrected chi connectivity index (χ2v) is 3.24. The Morgan fingerprint density at radius 2 is 2.06 bits per heavy atom. The third kappa shape index (κ3) is 5.53. The molecule has 0 unspecified atom stereocenters. The quantitative estimate of drug-likeness (QED) is 0.672. The third-order valence-electron chi connectivity index (χ3n) is 1.87. The van der Waals surface area contributed by atoms with Crippen LogP contribution in [0.15, 0.2) is 18.3 Å². The van der Waals surface area contributed by atoms with Gasteiger partial charge in [0.25, 0.3) is 0 Å². The largest absolute Gasteiger partial charge is 0.478 e. The molecule has 0 saturated carbocycles. The van der Waals surface area contributed by atoms with Gasteiger partial charge in [-0.2, -0.15) is 0 Å². The van der Waals surface area contributed by atoms with Crippen LogP contribution in [0.1, 0.15) is 6.42 Å². The van der Waals surface area contributed by atoms with Crippen molar-refractivity contribution in [3.63, 3.8) is 0 Å². The Bertz CT molecular complexity index is 277. The average molecular weight is 226 g/mol. The molecule has 0 radical (unpaired) electrons. The van der Waals surface area contributed by atoms with Gasteiger partial charge in [0.15, 0.2) is 0 Å². The molecule has 0 aromatic carbocycles. The first-order valence-electron chi connectivity index (χ1n) is 5.24. The predicted molar refractivity (Wildman–Crippen MR) is 61.5 cm³/mol. The highest BCUT2D eigenvalue weighted by Gasteiger charge is 1.95. The second kappa shape index (κ2) is 7.90. The molecular formula is C11H18N2O3. The van der Waals surface area contributed by atoms with Crippen molar-refractivity contribution in [3.05, 3.63) is 18.3 Å². The Labute approximate surface area is 95.5 Å². The van der Waals surface area contributed by atoms with Gasteiger partial charge >= 0.3 is 0 Å². The van der Waals surface area contributed by atoms with Crippen molar-refractivity contribution >= 4 is 5.69 Å². The number of nitrogens with two attached hydrogens (primary N) is 1. The van der Waals surface area contributed by atoms with Gasteiger partial charge in [-0.1, -0.05) is 0 Å². The number of pyridine rings is 1. The van der Waals surface area contributed by atoms with E-state index in [1.165, 1.54) is 0 Å². The predicted octanol–water partition coefficient (Wildman–Crippen LogP) is 1.10. The van der Waals surface area contributed by atoms with Crippen LogP contribution < -0.4 is 10.5 Å². The molecule has 0 spiro atoms. The molecule has 90 valence electrons. The summed E-state index contributed by atoms with van der Waals surface area (Å²) in [6.07, 6.45) is 2.40. The maximum Gasteiger partial charge on any atom is 0.213 e. The van der Waals surface area contributed by atoms with Gasteiger partial charge in [0.05, 0.1) is 31.7 Å². The Morgan fingerprint density at radius 1 is 1.19 bits per heavy atom. The van der Waals surface area contributed by atoms with E-state index in [1.807, 2.05) is 0 Å². The number of methoxy groups -OCH3 is 1. The number of ether oxygens (including phenoxy) is 3. The molecule has 0 aliphatic rings. The van der Waals surface area contributed by atoms with Crippen molar-refractivity contribution in [2.24, 2.45) is 0 Å². The minimum Gasteiger partial charge on any atom is -0.478 e. The number of nitrogen functional groups attached to an aromatic ring is 1. The molecule has 0 bridgehead atoms. The van der Waals surface area contributed by atoms with Crippen LogP contribution in [0.3, 0.4) is 0 Å². The van der Waals surface area contributed by atoms with Crippen molar-refractivity contribution in [3.8, 4) is 5.88 Å². The molecule has 0 saturated heterocycles. The molecule has 1 rings (SSSR count). The normalized spacial score (nSPS) is 10.3. The Hall–Kier alpha value is -1.33. The van der Waals surface area contributed by atoms with E-state index >= 15 is 0 Å². The molecule has 1 aromatic rings. The van der Waals surface area contributed by atoms with E-state index in [0.717, 1.165) is 6.42 Å². The average Bonchev–Trinajstić information content (AvgIpc) is 2.30. The highest BCUT2D eigenvalue weighted by molar-refractivity contribution is 5.35. The molecule has 2 N–H and O–H groups in total. The van der Waals surface area contributed by atoms with E-state index in [4.69, 9.17) is 19.9 Å². The van der Waals surface area contributed by atoms with E-state index in [-0.39, 0.29) is 0 Å². The molecular weight excluding hydrogens is 208 g/mol. The highest BCUT2D eigenvalue weighted by Crippen LogP contribution is 2.08. The SMILES string of the molecule is COCCOCCCOc1ccc(N)cn1. The number of hydrogen-bond donors (Lipinski definition) is 1. The van der Waals surface area contributed by atoms with Gasteiger partial charge in [-0.3, -0.25) is 0 Å². The number of aromatic nitrogens is 1.